The van der Waals surface area contributed by atoms with E-state index in [1.165, 1.54) is 24.8 Å². The van der Waals surface area contributed by atoms with Crippen molar-refractivity contribution < 1.29 is 9.47 Å². The molecule has 19 heavy (non-hydrogen) atoms. The molecule has 0 saturated carbocycles. The van der Waals surface area contributed by atoms with Crippen LogP contribution >= 0.6 is 0 Å². The van der Waals surface area contributed by atoms with E-state index in [2.05, 4.69) is 24.0 Å². The molecule has 3 rings (SSSR count). The van der Waals surface area contributed by atoms with E-state index in [0.717, 1.165) is 12.3 Å². The predicted molar refractivity (Wildman–Crippen MR) is 75.3 cm³/mol. The summed E-state index contributed by atoms with van der Waals surface area (Å²) < 4.78 is 11.3. The van der Waals surface area contributed by atoms with Gasteiger partial charge in [0.05, 0.1) is 12.2 Å². The fraction of sp³-hybridized carbons (Fsp3) is 0.500. The first kappa shape index (κ1) is 12.7. The molecule has 3 unspecified atom stereocenters. The Hall–Kier alpha value is -1.32. The minimum Gasteiger partial charge on any atom is -0.490 e. The second-order valence-electron chi connectivity index (χ2n) is 5.34. The van der Waals surface area contributed by atoms with Gasteiger partial charge in [0.15, 0.2) is 0 Å². The average Bonchev–Trinajstić information content (AvgIpc) is 3.06. The van der Waals surface area contributed by atoms with E-state index in [-0.39, 0.29) is 0 Å². The maximum atomic E-state index is 5.84. The Morgan fingerprint density at radius 3 is 2.79 bits per heavy atom. The van der Waals surface area contributed by atoms with Gasteiger partial charge in [-0.05, 0) is 37.0 Å². The van der Waals surface area contributed by atoms with E-state index in [9.17, 15) is 0 Å². The van der Waals surface area contributed by atoms with Crippen molar-refractivity contribution in [3.63, 3.8) is 0 Å². The monoisotopic (exact) mass is 259 g/mol. The normalized spacial score (nSPS) is 28.5. The van der Waals surface area contributed by atoms with Crippen LogP contribution in [0.25, 0.3) is 0 Å². The highest BCUT2D eigenvalue weighted by Gasteiger charge is 2.40. The van der Waals surface area contributed by atoms with E-state index >= 15 is 0 Å². The third kappa shape index (κ3) is 2.99. The maximum absolute atomic E-state index is 5.84. The summed E-state index contributed by atoms with van der Waals surface area (Å²) in [5.74, 6) is 0.895. The SMILES string of the molecule is C=CCOc1ccc(CNC2CC3CCC2O3)cc1. The highest BCUT2D eigenvalue weighted by molar-refractivity contribution is 5.27. The minimum absolute atomic E-state index is 0.445. The maximum Gasteiger partial charge on any atom is 0.119 e. The molecule has 0 spiro atoms. The first-order chi connectivity index (χ1) is 9.35. The van der Waals surface area contributed by atoms with Gasteiger partial charge in [-0.3, -0.25) is 0 Å². The van der Waals surface area contributed by atoms with Crippen LogP contribution < -0.4 is 10.1 Å². The third-order valence-electron chi connectivity index (χ3n) is 3.97. The third-order valence-corrected chi connectivity index (χ3v) is 3.97. The van der Waals surface area contributed by atoms with Crippen molar-refractivity contribution >= 4 is 0 Å². The van der Waals surface area contributed by atoms with Crippen LogP contribution in [-0.4, -0.2) is 24.9 Å². The van der Waals surface area contributed by atoms with Crippen molar-refractivity contribution in [3.8, 4) is 5.75 Å². The number of rotatable bonds is 6. The van der Waals surface area contributed by atoms with E-state index in [1.54, 1.807) is 6.08 Å². The molecule has 2 aliphatic heterocycles. The van der Waals surface area contributed by atoms with E-state index in [1.807, 2.05) is 12.1 Å². The van der Waals surface area contributed by atoms with E-state index < -0.39 is 0 Å². The standard InChI is InChI=1S/C16H21NO2/c1-2-9-18-13-5-3-12(4-6-13)11-17-15-10-14-7-8-16(15)19-14/h2-6,14-17H,1,7-11H2. The lowest BCUT2D eigenvalue weighted by Crippen LogP contribution is -2.36. The van der Waals surface area contributed by atoms with Crippen LogP contribution in [0.2, 0.25) is 0 Å². The molecule has 2 bridgehead atoms. The molecular weight excluding hydrogens is 238 g/mol. The summed E-state index contributed by atoms with van der Waals surface area (Å²) >= 11 is 0. The molecule has 3 nitrogen and oxygen atoms in total. The van der Waals surface area contributed by atoms with Gasteiger partial charge in [0, 0.05) is 12.6 Å². The van der Waals surface area contributed by atoms with E-state index in [4.69, 9.17) is 9.47 Å². The molecule has 0 aromatic heterocycles. The van der Waals surface area contributed by atoms with Crippen LogP contribution in [0.4, 0.5) is 0 Å². The van der Waals surface area contributed by atoms with Gasteiger partial charge in [-0.1, -0.05) is 24.8 Å². The summed E-state index contributed by atoms with van der Waals surface area (Å²) in [5, 5.41) is 3.61. The molecule has 2 heterocycles. The number of fused-ring (bicyclic) bond motifs is 2. The number of nitrogens with one attached hydrogen (secondary N) is 1. The Kier molecular flexibility index (Phi) is 3.85. The minimum atomic E-state index is 0.445. The van der Waals surface area contributed by atoms with Crippen LogP contribution in [-0.2, 0) is 11.3 Å². The fourth-order valence-corrected chi connectivity index (χ4v) is 2.96. The molecule has 1 N–H and O–H groups in total. The van der Waals surface area contributed by atoms with Crippen LogP contribution in [0.3, 0.4) is 0 Å². The first-order valence-electron chi connectivity index (χ1n) is 7.06. The molecule has 1 aromatic rings. The molecule has 2 aliphatic rings. The van der Waals surface area contributed by atoms with Crippen LogP contribution in [0.1, 0.15) is 24.8 Å². The molecule has 3 atom stereocenters. The molecule has 0 aliphatic carbocycles. The largest absolute Gasteiger partial charge is 0.490 e. The highest BCUT2D eigenvalue weighted by atomic mass is 16.5. The quantitative estimate of drug-likeness (QED) is 0.797. The number of benzene rings is 1. The fourth-order valence-electron chi connectivity index (χ4n) is 2.96. The van der Waals surface area contributed by atoms with Gasteiger partial charge < -0.3 is 14.8 Å². The molecule has 0 amide bonds. The van der Waals surface area contributed by atoms with Crippen molar-refractivity contribution in [1.82, 2.24) is 5.32 Å². The molecule has 1 aromatic carbocycles. The summed E-state index contributed by atoms with van der Waals surface area (Å²) in [7, 11) is 0. The zero-order valence-electron chi connectivity index (χ0n) is 11.2. The van der Waals surface area contributed by atoms with Gasteiger partial charge in [-0.15, -0.1) is 0 Å². The highest BCUT2D eigenvalue weighted by Crippen LogP contribution is 2.34. The molecule has 3 heteroatoms. The Morgan fingerprint density at radius 2 is 2.16 bits per heavy atom. The van der Waals surface area contributed by atoms with Crippen LogP contribution in [0.15, 0.2) is 36.9 Å². The van der Waals surface area contributed by atoms with Gasteiger partial charge in [-0.2, -0.15) is 0 Å². The first-order valence-corrected chi connectivity index (χ1v) is 7.06. The van der Waals surface area contributed by atoms with Gasteiger partial charge in [0.1, 0.15) is 12.4 Å². The van der Waals surface area contributed by atoms with Crippen molar-refractivity contribution in [2.45, 2.75) is 44.1 Å². The average molecular weight is 259 g/mol. The second-order valence-corrected chi connectivity index (χ2v) is 5.34. The summed E-state index contributed by atoms with van der Waals surface area (Å²) in [6.45, 7) is 5.10. The summed E-state index contributed by atoms with van der Waals surface area (Å²) in [5.41, 5.74) is 1.29. The van der Waals surface area contributed by atoms with Gasteiger partial charge in [0.2, 0.25) is 0 Å². The second kappa shape index (κ2) is 5.76. The molecule has 2 saturated heterocycles. The van der Waals surface area contributed by atoms with E-state index in [0.29, 0.717) is 24.9 Å². The van der Waals surface area contributed by atoms with Crippen LogP contribution in [0, 0.1) is 0 Å². The number of ether oxygens (including phenoxy) is 2. The van der Waals surface area contributed by atoms with Crippen molar-refractivity contribution in [2.75, 3.05) is 6.61 Å². The zero-order valence-corrected chi connectivity index (χ0v) is 11.2. The van der Waals surface area contributed by atoms with Crippen molar-refractivity contribution in [1.29, 1.82) is 0 Å². The molecule has 2 fully saturated rings. The molecule has 102 valence electrons. The van der Waals surface area contributed by atoms with Crippen LogP contribution in [0.5, 0.6) is 5.75 Å². The molecular formula is C16H21NO2. The Bertz CT molecular complexity index is 429. The zero-order chi connectivity index (χ0) is 13.1. The van der Waals surface area contributed by atoms with Gasteiger partial charge in [0.25, 0.3) is 0 Å². The molecule has 0 radical (unpaired) electrons. The van der Waals surface area contributed by atoms with Gasteiger partial charge in [-0.25, -0.2) is 0 Å². The number of hydrogen-bond acceptors (Lipinski definition) is 3. The Balaban J connectivity index is 1.48. The van der Waals surface area contributed by atoms with Crippen molar-refractivity contribution in [2.24, 2.45) is 0 Å². The summed E-state index contributed by atoms with van der Waals surface area (Å²) in [6.07, 6.45) is 6.35. The van der Waals surface area contributed by atoms with Crippen molar-refractivity contribution in [3.05, 3.63) is 42.5 Å². The lowest BCUT2D eigenvalue weighted by atomic mass is 9.95. The number of hydrogen-bond donors (Lipinski definition) is 1. The topological polar surface area (TPSA) is 30.5 Å². The smallest absolute Gasteiger partial charge is 0.119 e. The lowest BCUT2D eigenvalue weighted by molar-refractivity contribution is 0.0973. The van der Waals surface area contributed by atoms with Gasteiger partial charge >= 0.3 is 0 Å². The summed E-state index contributed by atoms with van der Waals surface area (Å²) in [4.78, 5) is 0. The Morgan fingerprint density at radius 1 is 1.32 bits per heavy atom. The predicted octanol–water partition coefficient (Wildman–Crippen LogP) is 2.66. The summed E-state index contributed by atoms with van der Waals surface area (Å²) in [6, 6.07) is 8.78. The lowest BCUT2D eigenvalue weighted by Gasteiger charge is -2.20. The Labute approximate surface area is 114 Å².